The Bertz CT molecular complexity index is 991. The average molecular weight is 394 g/mol. The van der Waals surface area contributed by atoms with E-state index in [9.17, 15) is 18.0 Å². The van der Waals surface area contributed by atoms with Gasteiger partial charge in [-0.05, 0) is 36.2 Å². The Morgan fingerprint density at radius 3 is 2.58 bits per heavy atom. The number of carbonyl (C=O) groups excluding carboxylic acids is 2. The van der Waals surface area contributed by atoms with Gasteiger partial charge >= 0.3 is 0 Å². The number of nitrogens with one attached hydrogen (secondary N) is 2. The molecular formula is C17H16ClN3O4S. The fourth-order valence-electron chi connectivity index (χ4n) is 2.74. The van der Waals surface area contributed by atoms with E-state index in [-0.39, 0.29) is 15.5 Å². The summed E-state index contributed by atoms with van der Waals surface area (Å²) in [6.45, 7) is 1.54. The standard InChI is InChI=1S/C17H16ClN3O4S/c1-11(22)19-20-17(23)13-6-7-14(18)16(10-13)26(24,25)21-9-8-12-4-2-3-5-15(12)21/h2-7,10H,8-9H2,1H3,(H,19,22)(H,20,23). The van der Waals surface area contributed by atoms with Gasteiger partial charge < -0.3 is 0 Å². The lowest BCUT2D eigenvalue weighted by Gasteiger charge is -2.20. The molecule has 0 spiro atoms. The lowest BCUT2D eigenvalue weighted by atomic mass is 10.2. The van der Waals surface area contributed by atoms with Gasteiger partial charge in [0.1, 0.15) is 4.90 Å². The minimum Gasteiger partial charge on any atom is -0.274 e. The van der Waals surface area contributed by atoms with Crippen LogP contribution < -0.4 is 15.2 Å². The van der Waals surface area contributed by atoms with Gasteiger partial charge in [-0.1, -0.05) is 29.8 Å². The van der Waals surface area contributed by atoms with Crippen LogP contribution in [0.4, 0.5) is 5.69 Å². The number of fused-ring (bicyclic) bond motifs is 1. The summed E-state index contributed by atoms with van der Waals surface area (Å²) in [5.41, 5.74) is 5.95. The summed E-state index contributed by atoms with van der Waals surface area (Å²) in [5.74, 6) is -1.09. The van der Waals surface area contributed by atoms with Crippen LogP contribution in [0.1, 0.15) is 22.8 Å². The summed E-state index contributed by atoms with van der Waals surface area (Å²) in [7, 11) is -3.94. The minimum atomic E-state index is -3.94. The molecule has 0 radical (unpaired) electrons. The van der Waals surface area contributed by atoms with E-state index < -0.39 is 21.8 Å². The summed E-state index contributed by atoms with van der Waals surface area (Å²) in [6.07, 6.45) is 0.607. The van der Waals surface area contributed by atoms with Gasteiger partial charge in [0, 0.05) is 19.0 Å². The predicted molar refractivity (Wildman–Crippen MR) is 97.4 cm³/mol. The molecule has 26 heavy (non-hydrogen) atoms. The molecule has 0 fully saturated rings. The van der Waals surface area contributed by atoms with E-state index in [1.54, 1.807) is 12.1 Å². The first-order chi connectivity index (χ1) is 12.3. The lowest BCUT2D eigenvalue weighted by Crippen LogP contribution is -2.40. The average Bonchev–Trinajstić information content (AvgIpc) is 3.04. The number of nitrogens with zero attached hydrogens (tertiary/aromatic N) is 1. The van der Waals surface area contributed by atoms with E-state index in [0.717, 1.165) is 5.56 Å². The van der Waals surface area contributed by atoms with Crippen molar-refractivity contribution in [1.82, 2.24) is 10.9 Å². The second-order valence-corrected chi connectivity index (χ2v) is 7.97. The van der Waals surface area contributed by atoms with Crippen LogP contribution in [-0.2, 0) is 21.2 Å². The minimum absolute atomic E-state index is 0.0189. The first-order valence-electron chi connectivity index (χ1n) is 7.78. The van der Waals surface area contributed by atoms with Crippen LogP contribution in [0.2, 0.25) is 5.02 Å². The number of hydrogen-bond donors (Lipinski definition) is 2. The molecule has 2 amide bonds. The molecule has 2 aromatic rings. The van der Waals surface area contributed by atoms with Crippen molar-refractivity contribution in [2.45, 2.75) is 18.2 Å². The molecule has 1 heterocycles. The topological polar surface area (TPSA) is 95.6 Å². The van der Waals surface area contributed by atoms with Gasteiger partial charge in [0.25, 0.3) is 15.9 Å². The molecule has 1 aliphatic heterocycles. The number of sulfonamides is 1. The SMILES string of the molecule is CC(=O)NNC(=O)c1ccc(Cl)c(S(=O)(=O)N2CCc3ccccc32)c1. The van der Waals surface area contributed by atoms with Crippen molar-refractivity contribution in [2.75, 3.05) is 10.8 Å². The second kappa shape index (κ2) is 6.97. The molecule has 0 saturated carbocycles. The number of anilines is 1. The van der Waals surface area contributed by atoms with Gasteiger partial charge in [0.2, 0.25) is 5.91 Å². The van der Waals surface area contributed by atoms with E-state index in [4.69, 9.17) is 11.6 Å². The maximum absolute atomic E-state index is 13.1. The number of amides is 2. The van der Waals surface area contributed by atoms with Gasteiger partial charge in [-0.25, -0.2) is 8.42 Å². The lowest BCUT2D eigenvalue weighted by molar-refractivity contribution is -0.119. The van der Waals surface area contributed by atoms with Gasteiger partial charge in [-0.15, -0.1) is 0 Å². The van der Waals surface area contributed by atoms with Crippen molar-refractivity contribution in [3.8, 4) is 0 Å². The first kappa shape index (κ1) is 18.2. The summed E-state index contributed by atoms with van der Waals surface area (Å²) < 4.78 is 27.5. The Kier molecular flexibility index (Phi) is 4.88. The molecule has 9 heteroatoms. The highest BCUT2D eigenvalue weighted by Gasteiger charge is 2.32. The molecule has 136 valence electrons. The Hall–Kier alpha value is -2.58. The van der Waals surface area contributed by atoms with Crippen LogP contribution in [0.3, 0.4) is 0 Å². The normalized spacial score (nSPS) is 13.2. The second-order valence-electron chi connectivity index (χ2n) is 5.74. The quantitative estimate of drug-likeness (QED) is 0.778. The van der Waals surface area contributed by atoms with Crippen LogP contribution in [-0.4, -0.2) is 26.8 Å². The third-order valence-electron chi connectivity index (χ3n) is 3.96. The number of hydrazine groups is 1. The van der Waals surface area contributed by atoms with Crippen molar-refractivity contribution in [2.24, 2.45) is 0 Å². The van der Waals surface area contributed by atoms with E-state index in [1.165, 1.54) is 29.4 Å². The molecule has 1 aliphatic rings. The molecule has 0 atom stereocenters. The smallest absolute Gasteiger partial charge is 0.269 e. The van der Waals surface area contributed by atoms with Crippen LogP contribution in [0, 0.1) is 0 Å². The van der Waals surface area contributed by atoms with Crippen molar-refractivity contribution in [3.63, 3.8) is 0 Å². The van der Waals surface area contributed by atoms with Crippen molar-refractivity contribution in [3.05, 3.63) is 58.6 Å². The molecule has 0 aliphatic carbocycles. The summed E-state index contributed by atoms with van der Waals surface area (Å²) >= 11 is 6.11. The maximum atomic E-state index is 13.1. The number of carbonyl (C=O) groups is 2. The van der Waals surface area contributed by atoms with Crippen LogP contribution in [0.5, 0.6) is 0 Å². The Morgan fingerprint density at radius 2 is 1.85 bits per heavy atom. The Balaban J connectivity index is 1.97. The monoisotopic (exact) mass is 393 g/mol. The van der Waals surface area contributed by atoms with E-state index >= 15 is 0 Å². The summed E-state index contributed by atoms with van der Waals surface area (Å²) in [5, 5.41) is 0.0189. The molecule has 2 N–H and O–H groups in total. The van der Waals surface area contributed by atoms with Crippen LogP contribution >= 0.6 is 11.6 Å². The molecule has 0 bridgehead atoms. The number of para-hydroxylation sites is 1. The van der Waals surface area contributed by atoms with E-state index in [2.05, 4.69) is 10.9 Å². The molecule has 2 aromatic carbocycles. The molecular weight excluding hydrogens is 378 g/mol. The first-order valence-corrected chi connectivity index (χ1v) is 9.59. The number of benzene rings is 2. The van der Waals surface area contributed by atoms with Crippen LogP contribution in [0.15, 0.2) is 47.4 Å². The predicted octanol–water partition coefficient (Wildman–Crippen LogP) is 1.87. The fourth-order valence-corrected chi connectivity index (χ4v) is 4.74. The maximum Gasteiger partial charge on any atom is 0.269 e. The van der Waals surface area contributed by atoms with Crippen LogP contribution in [0.25, 0.3) is 0 Å². The molecule has 7 nitrogen and oxygen atoms in total. The van der Waals surface area contributed by atoms with Crippen molar-refractivity contribution < 1.29 is 18.0 Å². The fraction of sp³-hybridized carbons (Fsp3) is 0.176. The third-order valence-corrected chi connectivity index (χ3v) is 6.25. The number of rotatable bonds is 3. The van der Waals surface area contributed by atoms with Gasteiger partial charge in [0.15, 0.2) is 0 Å². The summed E-state index contributed by atoms with van der Waals surface area (Å²) in [6, 6.07) is 11.2. The zero-order valence-electron chi connectivity index (χ0n) is 13.8. The largest absolute Gasteiger partial charge is 0.274 e. The zero-order valence-corrected chi connectivity index (χ0v) is 15.4. The zero-order chi connectivity index (χ0) is 18.9. The third kappa shape index (κ3) is 3.38. The highest BCUT2D eigenvalue weighted by molar-refractivity contribution is 7.93. The highest BCUT2D eigenvalue weighted by atomic mass is 35.5. The molecule has 3 rings (SSSR count). The highest BCUT2D eigenvalue weighted by Crippen LogP contribution is 2.35. The molecule has 0 unspecified atom stereocenters. The van der Waals surface area contributed by atoms with Gasteiger partial charge in [-0.2, -0.15) is 0 Å². The van der Waals surface area contributed by atoms with Crippen molar-refractivity contribution >= 4 is 39.1 Å². The van der Waals surface area contributed by atoms with E-state index in [0.29, 0.717) is 18.7 Å². The number of hydrogen-bond acceptors (Lipinski definition) is 4. The number of halogens is 1. The van der Waals surface area contributed by atoms with Gasteiger partial charge in [0.05, 0.1) is 10.7 Å². The van der Waals surface area contributed by atoms with E-state index in [1.807, 2.05) is 12.1 Å². The Morgan fingerprint density at radius 1 is 1.12 bits per heavy atom. The Labute approximate surface area is 156 Å². The molecule has 0 aromatic heterocycles. The van der Waals surface area contributed by atoms with Gasteiger partial charge in [-0.3, -0.25) is 24.7 Å². The summed E-state index contributed by atoms with van der Waals surface area (Å²) in [4.78, 5) is 22.8. The molecule has 0 saturated heterocycles. The van der Waals surface area contributed by atoms with Crippen molar-refractivity contribution in [1.29, 1.82) is 0 Å².